The molecule has 0 spiro atoms. The number of nitrogens with one attached hydrogen (secondary N) is 1. The number of Topliss-reactive ketones (excluding diaryl/α,β-unsaturated/α-hetero) is 2. The molecule has 19 nitrogen and oxygen atoms in total. The second kappa shape index (κ2) is 33.1. The van der Waals surface area contributed by atoms with Crippen molar-refractivity contribution in [1.29, 1.82) is 0 Å². The van der Waals surface area contributed by atoms with Crippen LogP contribution in [0.3, 0.4) is 0 Å². The Kier molecular flexibility index (Phi) is 27.2. The van der Waals surface area contributed by atoms with E-state index in [4.69, 9.17) is 16.6 Å². The van der Waals surface area contributed by atoms with Gasteiger partial charge in [-0.3, -0.25) is 38.7 Å². The molecule has 6 aromatic heterocycles. The summed E-state index contributed by atoms with van der Waals surface area (Å²) < 4.78 is 30.7. The highest BCUT2D eigenvalue weighted by Gasteiger charge is 2.34. The first kappa shape index (κ1) is 70.6. The maximum absolute atomic E-state index is 14.4. The smallest absolute Gasteiger partial charge is 0.323 e. The van der Waals surface area contributed by atoms with Crippen molar-refractivity contribution in [1.82, 2.24) is 49.3 Å². The van der Waals surface area contributed by atoms with Crippen LogP contribution in [-0.4, -0.2) is 122 Å². The average molecular weight is 1250 g/mol. The second-order valence-electron chi connectivity index (χ2n) is 20.3. The molecule has 10 rings (SSSR count). The molecule has 0 saturated carbocycles. The number of aromatic nitrogens is 8. The number of pyridine rings is 2. The number of rotatable bonds is 14. The van der Waals surface area contributed by atoms with Crippen molar-refractivity contribution < 1.29 is 42.7 Å². The first-order chi connectivity index (χ1) is 39.8. The minimum atomic E-state index is -1.08. The molecule has 0 radical (unpaired) electrons. The number of carboxylic acids is 1. The Morgan fingerprint density at radius 2 is 1.07 bits per heavy atom. The van der Waals surface area contributed by atoms with Crippen LogP contribution in [0.2, 0.25) is 0 Å². The van der Waals surface area contributed by atoms with Gasteiger partial charge in [0.1, 0.15) is 37.1 Å². The van der Waals surface area contributed by atoms with Gasteiger partial charge in [-0.25, -0.2) is 28.7 Å². The number of carbonyl (C=O) groups excluding carboxylic acids is 5. The Labute approximate surface area is 520 Å². The monoisotopic (exact) mass is 1250 g/mol. The minimum Gasteiger partial charge on any atom is -0.480 e. The molecule has 0 aliphatic carbocycles. The lowest BCUT2D eigenvalue weighted by Crippen LogP contribution is -2.46. The molecule has 86 heavy (non-hydrogen) atoms. The summed E-state index contributed by atoms with van der Waals surface area (Å²) in [4.78, 5) is 101. The molecule has 6 N–H and O–H groups in total. The first-order valence-corrected chi connectivity index (χ1v) is 28.2. The number of primary amides is 2. The summed E-state index contributed by atoms with van der Waals surface area (Å²) in [5.74, 6) is -1.28. The van der Waals surface area contributed by atoms with Gasteiger partial charge in [0.15, 0.2) is 11.6 Å². The highest BCUT2D eigenvalue weighted by atomic mass is 35.5. The average Bonchev–Trinajstić information content (AvgIpc) is 2.02. The lowest BCUT2D eigenvalue weighted by Gasteiger charge is -2.29. The number of aliphatic carboxylic acids is 1. The summed E-state index contributed by atoms with van der Waals surface area (Å²) in [6.45, 7) is 7.70. The summed E-state index contributed by atoms with van der Waals surface area (Å²) >= 11 is 7.33. The Morgan fingerprint density at radius 1 is 0.616 bits per heavy atom. The van der Waals surface area contributed by atoms with E-state index >= 15 is 0 Å². The number of carbonyl (C=O) groups is 6. The summed E-state index contributed by atoms with van der Waals surface area (Å²) in [6.07, 6.45) is 10.6. The molecule has 2 aliphatic rings. The molecule has 0 bridgehead atoms. The largest absolute Gasteiger partial charge is 0.480 e. The van der Waals surface area contributed by atoms with Gasteiger partial charge in [0.05, 0.1) is 36.1 Å². The van der Waals surface area contributed by atoms with Crippen LogP contribution >= 0.6 is 25.9 Å². The summed E-state index contributed by atoms with van der Waals surface area (Å²) in [7, 11) is 0. The zero-order valence-electron chi connectivity index (χ0n) is 47.2. The SMILES string of the molecule is C.Cc1cccc(CC(=O)[C@@H]2CCC(F)CCN2)n1.Cc1cccc(CC(=O)[C@@H]2CCC(F)CCN2C(=O)Cn2cc(C(N)=O)c3cc(-c4cnc(C)nc4)ccc32)n1.Cc1ncc(-c2ccc3c(c2)c(C(N)=O)cn3CC(=O)O)cn1.Cl.S.S=S. The third-order valence-electron chi connectivity index (χ3n) is 14.2. The molecule has 2 saturated heterocycles. The van der Waals surface area contributed by atoms with Crippen LogP contribution < -0.4 is 16.8 Å². The maximum atomic E-state index is 14.4. The van der Waals surface area contributed by atoms with E-state index in [0.29, 0.717) is 71.4 Å². The number of halogens is 3. The van der Waals surface area contributed by atoms with Gasteiger partial charge < -0.3 is 35.9 Å². The molecule has 2 aliphatic heterocycles. The van der Waals surface area contributed by atoms with E-state index in [9.17, 15) is 37.5 Å². The zero-order chi connectivity index (χ0) is 59.9. The van der Waals surface area contributed by atoms with E-state index in [2.05, 4.69) is 57.6 Å². The molecule has 25 heteroatoms. The number of alkyl halides is 2. The number of benzene rings is 2. The number of ketones is 2. The lowest BCUT2D eigenvalue weighted by molar-refractivity contribution is -0.139. The van der Waals surface area contributed by atoms with Crippen molar-refractivity contribution >= 4 is 105 Å². The molecular formula is C61H71ClF2N12O7S3. The van der Waals surface area contributed by atoms with Gasteiger partial charge in [-0.2, -0.15) is 13.5 Å². The van der Waals surface area contributed by atoms with Crippen molar-refractivity contribution in [2.45, 2.75) is 124 Å². The van der Waals surface area contributed by atoms with Crippen LogP contribution in [0.15, 0.2) is 110 Å². The van der Waals surface area contributed by atoms with Crippen molar-refractivity contribution in [3.63, 3.8) is 0 Å². The third kappa shape index (κ3) is 18.8. The van der Waals surface area contributed by atoms with Gasteiger partial charge >= 0.3 is 5.97 Å². The number of likely N-dealkylation sites (tertiary alicyclic amines) is 1. The van der Waals surface area contributed by atoms with Crippen LogP contribution in [0.1, 0.15) is 101 Å². The van der Waals surface area contributed by atoms with Gasteiger partial charge in [0, 0.05) is 122 Å². The number of fused-ring (bicyclic) bond motifs is 2. The number of amides is 3. The normalized spacial score (nSPS) is 16.2. The van der Waals surface area contributed by atoms with E-state index in [1.807, 2.05) is 68.4 Å². The second-order valence-corrected chi connectivity index (χ2v) is 20.3. The van der Waals surface area contributed by atoms with Gasteiger partial charge in [0.2, 0.25) is 5.91 Å². The summed E-state index contributed by atoms with van der Waals surface area (Å²) in [5, 5.41) is 13.3. The highest BCUT2D eigenvalue weighted by Crippen LogP contribution is 2.30. The van der Waals surface area contributed by atoms with E-state index in [-0.39, 0.29) is 113 Å². The molecular weight excluding hydrogens is 1180 g/mol. The number of carboxylic acid groups (broad SMARTS) is 1. The summed E-state index contributed by atoms with van der Waals surface area (Å²) in [6, 6.07) is 21.1. The van der Waals surface area contributed by atoms with Crippen molar-refractivity contribution in [2.24, 2.45) is 11.5 Å². The fourth-order valence-corrected chi connectivity index (χ4v) is 10.1. The van der Waals surface area contributed by atoms with Gasteiger partial charge in [-0.15, -0.1) is 12.4 Å². The highest BCUT2D eigenvalue weighted by molar-refractivity contribution is 8.07. The first-order valence-electron chi connectivity index (χ1n) is 26.8. The van der Waals surface area contributed by atoms with E-state index in [0.717, 1.165) is 39.3 Å². The van der Waals surface area contributed by atoms with Crippen molar-refractivity contribution in [2.75, 3.05) is 13.1 Å². The molecule has 3 amide bonds. The van der Waals surface area contributed by atoms with Crippen molar-refractivity contribution in [3.05, 3.63) is 156 Å². The fourth-order valence-electron chi connectivity index (χ4n) is 10.1. The number of nitrogens with zero attached hydrogens (tertiary/aromatic N) is 9. The van der Waals surface area contributed by atoms with E-state index in [1.165, 1.54) is 15.7 Å². The minimum absolute atomic E-state index is 0. The Balaban J connectivity index is 0.000000293. The fraction of sp³-hybridized carbons (Fsp3) is 0.344. The van der Waals surface area contributed by atoms with E-state index in [1.54, 1.807) is 67.6 Å². The van der Waals surface area contributed by atoms with Gasteiger partial charge in [0.25, 0.3) is 11.8 Å². The third-order valence-corrected chi connectivity index (χ3v) is 14.2. The molecule has 8 aromatic rings. The molecule has 8 heterocycles. The predicted octanol–water partition coefficient (Wildman–Crippen LogP) is 8.48. The van der Waals surface area contributed by atoms with Gasteiger partial charge in [-0.1, -0.05) is 31.7 Å². The maximum Gasteiger partial charge on any atom is 0.323 e. The topological polar surface area (TPSA) is 277 Å². The van der Waals surface area contributed by atoms with Crippen LogP contribution in [-0.2, 0) is 67.5 Å². The van der Waals surface area contributed by atoms with Gasteiger partial charge in [-0.05, 0) is 132 Å². The van der Waals surface area contributed by atoms with Crippen LogP contribution in [0, 0.1) is 27.7 Å². The lowest BCUT2D eigenvalue weighted by atomic mass is 10.0. The standard InChI is InChI=1S/C30H31FN6O3.C16H14N4O3.C14H19FN2O.CH4.ClH.S2.H2S/c1-18-4-3-5-23(35-18)13-28(38)27-9-7-22(31)10-11-37(27)29(39)17-36-16-25(30(32)40)24-12-20(6-8-26(24)36)21-14-33-19(2)34-15-21;1-9-18-5-11(6-19-9)10-2-3-14-12(4-10)13(16(17)23)7-20(14)8-15(21)22;1-10-3-2-4-12(17-10)9-14(18)13-6-5-11(15)7-8-16-13;;;1-2;/h3-6,8,12,14-16,22,27H,7,9-11,13,17H2,1-2H3,(H2,32,40);2-7H,8H2,1H3,(H2,17,23)(H,21,22);2-4,11,13,16H,5-9H2,1H3;1H4;1H;;1H2/t22?,27-;;11?,13-;;;;/m0.0..../s1. The molecule has 2 aromatic carbocycles. The molecule has 4 atom stereocenters. The number of aryl methyl sites for hydroxylation is 4. The number of nitrogens with two attached hydrogens (primary N) is 2. The van der Waals surface area contributed by atoms with Crippen LogP contribution in [0.25, 0.3) is 44.1 Å². The Morgan fingerprint density at radius 3 is 1.53 bits per heavy atom. The number of hydrogen-bond donors (Lipinski definition) is 4. The zero-order valence-corrected chi connectivity index (χ0v) is 50.7. The number of hydrogen-bond acceptors (Lipinski definition) is 15. The Bertz CT molecular complexity index is 3650. The molecule has 456 valence electrons. The molecule has 2 fully saturated rings. The van der Waals surface area contributed by atoms with Crippen LogP contribution in [0.4, 0.5) is 8.78 Å². The van der Waals surface area contributed by atoms with Crippen LogP contribution in [0.5, 0.6) is 0 Å². The predicted molar refractivity (Wildman–Crippen MR) is 339 cm³/mol. The molecule has 2 unspecified atom stereocenters. The summed E-state index contributed by atoms with van der Waals surface area (Å²) in [5.41, 5.74) is 19.3. The quantitative estimate of drug-likeness (QED) is 0.0794. The van der Waals surface area contributed by atoms with E-state index < -0.39 is 36.2 Å². The van der Waals surface area contributed by atoms with Crippen molar-refractivity contribution in [3.8, 4) is 22.3 Å². The Hall–Kier alpha value is -7.90.